The van der Waals surface area contributed by atoms with E-state index in [0.717, 1.165) is 12.0 Å². The molecule has 1 unspecified atom stereocenters. The van der Waals surface area contributed by atoms with E-state index >= 15 is 0 Å². The third kappa shape index (κ3) is 8.52. The van der Waals surface area contributed by atoms with Crippen molar-refractivity contribution in [2.45, 2.75) is 40.2 Å². The number of carbonyl (C=O) groups excluding carboxylic acids is 2. The molecular weight excluding hydrogens is 296 g/mol. The molecule has 1 aliphatic heterocycles. The van der Waals surface area contributed by atoms with Gasteiger partial charge in [-0.15, -0.1) is 0 Å². The summed E-state index contributed by atoms with van der Waals surface area (Å²) in [6, 6.07) is 0. The minimum atomic E-state index is -0.101. The summed E-state index contributed by atoms with van der Waals surface area (Å²) in [5.41, 5.74) is 1.46. The van der Waals surface area contributed by atoms with E-state index < -0.39 is 0 Å². The van der Waals surface area contributed by atoms with Crippen molar-refractivity contribution in [3.05, 3.63) is 23.4 Å². The van der Waals surface area contributed by atoms with E-state index in [1.54, 1.807) is 18.1 Å². The topological polar surface area (TPSA) is 67.9 Å². The second kappa shape index (κ2) is 12.8. The summed E-state index contributed by atoms with van der Waals surface area (Å²) in [6.45, 7) is 10.0. The van der Waals surface area contributed by atoms with Crippen molar-refractivity contribution in [1.82, 2.24) is 10.2 Å². The maximum Gasteiger partial charge on any atom is 0.255 e. The second-order valence-electron chi connectivity index (χ2n) is 5.13. The Kier molecular flexibility index (Phi) is 11.9. The molecule has 0 bridgehead atoms. The van der Waals surface area contributed by atoms with Crippen LogP contribution in [0.5, 0.6) is 0 Å². The first-order valence-corrected chi connectivity index (χ1v) is 8.03. The molecule has 1 saturated heterocycles. The van der Waals surface area contributed by atoms with Crippen LogP contribution in [0.2, 0.25) is 0 Å². The van der Waals surface area contributed by atoms with Crippen molar-refractivity contribution in [1.29, 1.82) is 0 Å². The molecule has 0 spiro atoms. The van der Waals surface area contributed by atoms with Crippen LogP contribution in [0.15, 0.2) is 23.4 Å². The Morgan fingerprint density at radius 3 is 2.65 bits per heavy atom. The lowest BCUT2D eigenvalue weighted by Crippen LogP contribution is -2.46. The van der Waals surface area contributed by atoms with Gasteiger partial charge in [-0.05, 0) is 26.3 Å². The number of nitrogens with one attached hydrogen (secondary N) is 1. The number of hydrogen-bond acceptors (Lipinski definition) is 4. The van der Waals surface area contributed by atoms with Gasteiger partial charge in [0, 0.05) is 33.0 Å². The lowest BCUT2D eigenvalue weighted by Gasteiger charge is -2.33. The standard InChI is InChI=1S/C15H24N2O4.C2H6/c1-12(2)8-13(9-16-11-18)15(19)17-5-7-21-14(10-17)4-6-20-3;1-2/h8-9,11,14H,4-7,10H2,1-3H3,(H,16,18);1-2H3/b13-9+;. The van der Waals surface area contributed by atoms with Gasteiger partial charge >= 0.3 is 0 Å². The van der Waals surface area contributed by atoms with Crippen LogP contribution in [0.4, 0.5) is 0 Å². The van der Waals surface area contributed by atoms with E-state index in [1.807, 2.05) is 27.7 Å². The van der Waals surface area contributed by atoms with Crippen molar-refractivity contribution in [3.8, 4) is 0 Å². The zero-order chi connectivity index (χ0) is 17.7. The smallest absolute Gasteiger partial charge is 0.255 e. The summed E-state index contributed by atoms with van der Waals surface area (Å²) < 4.78 is 10.7. The molecule has 0 aromatic carbocycles. The molecule has 1 N–H and O–H groups in total. The van der Waals surface area contributed by atoms with Gasteiger partial charge in [0.25, 0.3) is 5.91 Å². The molecule has 0 aromatic heterocycles. The lowest BCUT2D eigenvalue weighted by molar-refractivity contribution is -0.135. The van der Waals surface area contributed by atoms with Crippen LogP contribution in [-0.4, -0.2) is 56.7 Å². The van der Waals surface area contributed by atoms with Gasteiger partial charge in [0.15, 0.2) is 0 Å². The summed E-state index contributed by atoms with van der Waals surface area (Å²) in [7, 11) is 1.65. The molecule has 1 aliphatic rings. The minimum Gasteiger partial charge on any atom is -0.385 e. The lowest BCUT2D eigenvalue weighted by atomic mass is 10.1. The monoisotopic (exact) mass is 326 g/mol. The molecule has 1 heterocycles. The van der Waals surface area contributed by atoms with Gasteiger partial charge in [-0.1, -0.05) is 19.4 Å². The highest BCUT2D eigenvalue weighted by atomic mass is 16.5. The highest BCUT2D eigenvalue weighted by molar-refractivity contribution is 5.96. The van der Waals surface area contributed by atoms with Crippen LogP contribution < -0.4 is 5.32 Å². The predicted octanol–water partition coefficient (Wildman–Crippen LogP) is 1.87. The van der Waals surface area contributed by atoms with Crippen molar-refractivity contribution < 1.29 is 19.1 Å². The number of allylic oxidation sites excluding steroid dienone is 1. The van der Waals surface area contributed by atoms with Crippen LogP contribution >= 0.6 is 0 Å². The molecule has 1 rings (SSSR count). The van der Waals surface area contributed by atoms with Crippen molar-refractivity contribution in [2.24, 2.45) is 0 Å². The Morgan fingerprint density at radius 1 is 1.39 bits per heavy atom. The quantitative estimate of drug-likeness (QED) is 0.441. The summed E-state index contributed by atoms with van der Waals surface area (Å²) >= 11 is 0. The van der Waals surface area contributed by atoms with E-state index in [2.05, 4.69) is 5.32 Å². The summed E-state index contributed by atoms with van der Waals surface area (Å²) in [6.07, 6.45) is 4.50. The number of hydrogen-bond donors (Lipinski definition) is 1. The largest absolute Gasteiger partial charge is 0.385 e. The van der Waals surface area contributed by atoms with Gasteiger partial charge in [0.05, 0.1) is 18.3 Å². The van der Waals surface area contributed by atoms with E-state index in [-0.39, 0.29) is 12.0 Å². The Hall–Kier alpha value is -1.66. The molecule has 6 heteroatoms. The molecular formula is C17H30N2O4. The molecule has 0 aromatic rings. The Labute approximate surface area is 139 Å². The number of methoxy groups -OCH3 is 1. The van der Waals surface area contributed by atoms with E-state index in [1.165, 1.54) is 6.20 Å². The highest BCUT2D eigenvalue weighted by Crippen LogP contribution is 2.13. The molecule has 2 amide bonds. The van der Waals surface area contributed by atoms with Crippen LogP contribution in [0, 0.1) is 0 Å². The van der Waals surface area contributed by atoms with Crippen LogP contribution in [-0.2, 0) is 19.1 Å². The minimum absolute atomic E-state index is 0.00497. The maximum atomic E-state index is 12.5. The van der Waals surface area contributed by atoms with Crippen LogP contribution in [0.25, 0.3) is 0 Å². The van der Waals surface area contributed by atoms with Crippen molar-refractivity contribution >= 4 is 12.3 Å². The van der Waals surface area contributed by atoms with Crippen LogP contribution in [0.3, 0.4) is 0 Å². The predicted molar refractivity (Wildman–Crippen MR) is 90.9 cm³/mol. The van der Waals surface area contributed by atoms with Gasteiger partial charge in [-0.25, -0.2) is 0 Å². The van der Waals surface area contributed by atoms with E-state index in [9.17, 15) is 9.59 Å². The summed E-state index contributed by atoms with van der Waals surface area (Å²) in [4.78, 5) is 24.7. The first-order chi connectivity index (χ1) is 11.1. The van der Waals surface area contributed by atoms with E-state index in [0.29, 0.717) is 38.3 Å². The van der Waals surface area contributed by atoms with Gasteiger partial charge in [0.2, 0.25) is 6.41 Å². The fourth-order valence-corrected chi connectivity index (χ4v) is 2.11. The normalized spacial score (nSPS) is 17.7. The molecule has 1 atom stereocenters. The fourth-order valence-electron chi connectivity index (χ4n) is 2.11. The number of ether oxygens (including phenoxy) is 2. The van der Waals surface area contributed by atoms with Gasteiger partial charge in [-0.3, -0.25) is 9.59 Å². The Bertz CT molecular complexity index is 415. The number of nitrogens with zero attached hydrogens (tertiary/aromatic N) is 1. The second-order valence-corrected chi connectivity index (χ2v) is 5.13. The molecule has 6 nitrogen and oxygen atoms in total. The highest BCUT2D eigenvalue weighted by Gasteiger charge is 2.25. The molecule has 0 saturated carbocycles. The van der Waals surface area contributed by atoms with Gasteiger partial charge in [0.1, 0.15) is 0 Å². The number of rotatable bonds is 7. The average Bonchev–Trinajstić information content (AvgIpc) is 2.57. The zero-order valence-corrected chi connectivity index (χ0v) is 14.9. The maximum absolute atomic E-state index is 12.5. The first-order valence-electron chi connectivity index (χ1n) is 8.03. The molecule has 0 aliphatic carbocycles. The molecule has 23 heavy (non-hydrogen) atoms. The SMILES string of the molecule is CC.COCCC1CN(C(=O)/C(C=C(C)C)=C/NC=O)CCO1. The molecule has 0 radical (unpaired) electrons. The Balaban J connectivity index is 0.00000232. The third-order valence-corrected chi connectivity index (χ3v) is 3.07. The average molecular weight is 326 g/mol. The van der Waals surface area contributed by atoms with Gasteiger partial charge < -0.3 is 19.7 Å². The van der Waals surface area contributed by atoms with E-state index in [4.69, 9.17) is 9.47 Å². The summed E-state index contributed by atoms with van der Waals surface area (Å²) in [5.74, 6) is -0.101. The van der Waals surface area contributed by atoms with Crippen LogP contribution in [0.1, 0.15) is 34.1 Å². The third-order valence-electron chi connectivity index (χ3n) is 3.07. The van der Waals surface area contributed by atoms with Crippen molar-refractivity contribution in [3.63, 3.8) is 0 Å². The molecule has 132 valence electrons. The Morgan fingerprint density at radius 2 is 2.09 bits per heavy atom. The van der Waals surface area contributed by atoms with Crippen molar-refractivity contribution in [2.75, 3.05) is 33.4 Å². The first kappa shape index (κ1) is 21.3. The number of carbonyl (C=O) groups is 2. The number of amides is 2. The van der Waals surface area contributed by atoms with Gasteiger partial charge in [-0.2, -0.15) is 0 Å². The summed E-state index contributed by atoms with van der Waals surface area (Å²) in [5, 5.41) is 2.43. The fraction of sp³-hybridized carbons (Fsp3) is 0.647. The molecule has 1 fully saturated rings. The zero-order valence-electron chi connectivity index (χ0n) is 14.9. The number of morpholine rings is 1.